The Balaban J connectivity index is 2.07. The van der Waals surface area contributed by atoms with E-state index >= 15 is 0 Å². The summed E-state index contributed by atoms with van der Waals surface area (Å²) in [6, 6.07) is 5.57. The zero-order valence-corrected chi connectivity index (χ0v) is 14.3. The molecule has 3 heteroatoms. The Hall–Kier alpha value is -1.09. The third kappa shape index (κ3) is 4.19. The molecule has 21 heavy (non-hydrogen) atoms. The van der Waals surface area contributed by atoms with Crippen LogP contribution in [0.25, 0.3) is 0 Å². The van der Waals surface area contributed by atoms with Crippen molar-refractivity contribution in [3.05, 3.63) is 23.4 Å². The molecule has 0 amide bonds. The second kappa shape index (κ2) is 7.26. The number of aromatic nitrogens is 1. The SMILES string of the molecule is Cc1nc(N(C)C2CCCCC2C)ccc1CNC(C)C. The molecule has 2 rings (SSSR count). The minimum atomic E-state index is 0.509. The van der Waals surface area contributed by atoms with Gasteiger partial charge in [-0.3, -0.25) is 0 Å². The van der Waals surface area contributed by atoms with E-state index in [1.54, 1.807) is 0 Å². The molecule has 1 fully saturated rings. The van der Waals surface area contributed by atoms with Gasteiger partial charge in [0.25, 0.3) is 0 Å². The van der Waals surface area contributed by atoms with E-state index < -0.39 is 0 Å². The molecule has 1 N–H and O–H groups in total. The monoisotopic (exact) mass is 289 g/mol. The molecular formula is C18H31N3. The molecule has 1 aromatic rings. The number of pyridine rings is 1. The maximum absolute atomic E-state index is 4.85. The summed E-state index contributed by atoms with van der Waals surface area (Å²) in [6.45, 7) is 9.76. The predicted octanol–water partition coefficient (Wildman–Crippen LogP) is 3.90. The van der Waals surface area contributed by atoms with Crippen LogP contribution < -0.4 is 10.2 Å². The fourth-order valence-corrected chi connectivity index (χ4v) is 3.32. The fourth-order valence-electron chi connectivity index (χ4n) is 3.32. The predicted molar refractivity (Wildman–Crippen MR) is 90.8 cm³/mol. The van der Waals surface area contributed by atoms with Gasteiger partial charge >= 0.3 is 0 Å². The van der Waals surface area contributed by atoms with Gasteiger partial charge < -0.3 is 10.2 Å². The first kappa shape index (κ1) is 16.3. The first-order valence-corrected chi connectivity index (χ1v) is 8.41. The van der Waals surface area contributed by atoms with E-state index in [1.165, 1.54) is 31.2 Å². The topological polar surface area (TPSA) is 28.2 Å². The van der Waals surface area contributed by atoms with Crippen LogP contribution >= 0.6 is 0 Å². The highest BCUT2D eigenvalue weighted by molar-refractivity contribution is 5.42. The van der Waals surface area contributed by atoms with Crippen LogP contribution in [0, 0.1) is 12.8 Å². The van der Waals surface area contributed by atoms with Gasteiger partial charge in [-0.15, -0.1) is 0 Å². The summed E-state index contributed by atoms with van der Waals surface area (Å²) < 4.78 is 0. The number of hydrogen-bond donors (Lipinski definition) is 1. The summed E-state index contributed by atoms with van der Waals surface area (Å²) in [7, 11) is 2.21. The third-order valence-electron chi connectivity index (χ3n) is 4.81. The highest BCUT2D eigenvalue weighted by Gasteiger charge is 2.25. The average Bonchev–Trinajstić information content (AvgIpc) is 2.45. The number of aryl methyl sites for hydroxylation is 1. The molecule has 0 saturated heterocycles. The van der Waals surface area contributed by atoms with Crippen LogP contribution in [0.2, 0.25) is 0 Å². The van der Waals surface area contributed by atoms with E-state index in [2.05, 4.69) is 57.1 Å². The van der Waals surface area contributed by atoms with Gasteiger partial charge in [0.05, 0.1) is 0 Å². The Labute approximate surface area is 130 Å². The number of hydrogen-bond acceptors (Lipinski definition) is 3. The fraction of sp³-hybridized carbons (Fsp3) is 0.722. The first-order chi connectivity index (χ1) is 9.99. The van der Waals surface area contributed by atoms with Crippen molar-refractivity contribution in [2.24, 2.45) is 5.92 Å². The molecule has 118 valence electrons. The molecule has 1 aromatic heterocycles. The second-order valence-electron chi connectivity index (χ2n) is 6.89. The van der Waals surface area contributed by atoms with Crippen LogP contribution in [-0.4, -0.2) is 24.1 Å². The van der Waals surface area contributed by atoms with E-state index in [0.29, 0.717) is 12.1 Å². The van der Waals surface area contributed by atoms with E-state index in [-0.39, 0.29) is 0 Å². The van der Waals surface area contributed by atoms with Crippen molar-refractivity contribution < 1.29 is 0 Å². The summed E-state index contributed by atoms with van der Waals surface area (Å²) in [5.74, 6) is 1.90. The molecule has 1 aliphatic rings. The zero-order valence-electron chi connectivity index (χ0n) is 14.3. The maximum Gasteiger partial charge on any atom is 0.128 e. The Kier molecular flexibility index (Phi) is 5.63. The average molecular weight is 289 g/mol. The van der Waals surface area contributed by atoms with Crippen molar-refractivity contribution >= 4 is 5.82 Å². The van der Waals surface area contributed by atoms with Gasteiger partial charge in [-0.05, 0) is 37.3 Å². The summed E-state index contributed by atoms with van der Waals surface area (Å²) >= 11 is 0. The largest absolute Gasteiger partial charge is 0.356 e. The highest BCUT2D eigenvalue weighted by Crippen LogP contribution is 2.30. The Morgan fingerprint density at radius 2 is 2.00 bits per heavy atom. The summed E-state index contributed by atoms with van der Waals surface area (Å²) in [5.41, 5.74) is 2.45. The van der Waals surface area contributed by atoms with Gasteiger partial charge in [-0.25, -0.2) is 4.98 Å². The van der Waals surface area contributed by atoms with Crippen LogP contribution in [-0.2, 0) is 6.54 Å². The minimum Gasteiger partial charge on any atom is -0.356 e. The minimum absolute atomic E-state index is 0.509. The highest BCUT2D eigenvalue weighted by atomic mass is 15.2. The molecule has 0 spiro atoms. The van der Waals surface area contributed by atoms with Crippen LogP contribution in [0.15, 0.2) is 12.1 Å². The van der Waals surface area contributed by atoms with Crippen molar-refractivity contribution in [1.82, 2.24) is 10.3 Å². The Bertz CT molecular complexity index is 456. The van der Waals surface area contributed by atoms with E-state index in [4.69, 9.17) is 4.98 Å². The van der Waals surface area contributed by atoms with Crippen LogP contribution in [0.1, 0.15) is 57.7 Å². The molecule has 2 unspecified atom stereocenters. The number of rotatable bonds is 5. The van der Waals surface area contributed by atoms with Crippen molar-refractivity contribution in [2.45, 2.75) is 72.0 Å². The quantitative estimate of drug-likeness (QED) is 0.891. The van der Waals surface area contributed by atoms with Crippen LogP contribution in [0.4, 0.5) is 5.82 Å². The normalized spacial score (nSPS) is 22.6. The third-order valence-corrected chi connectivity index (χ3v) is 4.81. The smallest absolute Gasteiger partial charge is 0.128 e. The molecule has 0 aromatic carbocycles. The zero-order chi connectivity index (χ0) is 15.4. The molecule has 0 bridgehead atoms. The molecule has 2 atom stereocenters. The summed E-state index contributed by atoms with van der Waals surface area (Å²) in [6.07, 6.45) is 5.39. The number of nitrogens with one attached hydrogen (secondary N) is 1. The number of nitrogens with zero attached hydrogens (tertiary/aromatic N) is 2. The van der Waals surface area contributed by atoms with Crippen LogP contribution in [0.3, 0.4) is 0 Å². The van der Waals surface area contributed by atoms with Gasteiger partial charge in [0.1, 0.15) is 5.82 Å². The lowest BCUT2D eigenvalue weighted by molar-refractivity contribution is 0.320. The Morgan fingerprint density at radius 1 is 1.29 bits per heavy atom. The Morgan fingerprint density at radius 3 is 2.62 bits per heavy atom. The molecule has 3 nitrogen and oxygen atoms in total. The molecule has 1 saturated carbocycles. The summed E-state index contributed by atoms with van der Waals surface area (Å²) in [4.78, 5) is 7.25. The maximum atomic E-state index is 4.85. The molecule has 1 heterocycles. The van der Waals surface area contributed by atoms with Crippen molar-refractivity contribution in [1.29, 1.82) is 0 Å². The van der Waals surface area contributed by atoms with Gasteiger partial charge in [0.15, 0.2) is 0 Å². The van der Waals surface area contributed by atoms with E-state index in [0.717, 1.165) is 24.0 Å². The standard InChI is InChI=1S/C18H31N3/c1-13(2)19-12-16-10-11-18(20-15(16)4)21(5)17-9-7-6-8-14(17)3/h10-11,13-14,17,19H,6-9,12H2,1-5H3. The molecule has 0 radical (unpaired) electrons. The summed E-state index contributed by atoms with van der Waals surface area (Å²) in [5, 5.41) is 3.47. The lowest BCUT2D eigenvalue weighted by Gasteiger charge is -2.37. The second-order valence-corrected chi connectivity index (χ2v) is 6.89. The van der Waals surface area contributed by atoms with E-state index in [1.807, 2.05) is 0 Å². The lowest BCUT2D eigenvalue weighted by atomic mass is 9.85. The van der Waals surface area contributed by atoms with Gasteiger partial charge in [-0.2, -0.15) is 0 Å². The molecule has 0 aliphatic heterocycles. The molecule has 1 aliphatic carbocycles. The van der Waals surface area contributed by atoms with Gasteiger partial charge in [0.2, 0.25) is 0 Å². The number of anilines is 1. The first-order valence-electron chi connectivity index (χ1n) is 8.41. The van der Waals surface area contributed by atoms with Gasteiger partial charge in [0, 0.05) is 31.4 Å². The van der Waals surface area contributed by atoms with E-state index in [9.17, 15) is 0 Å². The molecular weight excluding hydrogens is 258 g/mol. The van der Waals surface area contributed by atoms with Crippen molar-refractivity contribution in [2.75, 3.05) is 11.9 Å². The van der Waals surface area contributed by atoms with Crippen molar-refractivity contribution in [3.63, 3.8) is 0 Å². The van der Waals surface area contributed by atoms with Crippen LogP contribution in [0.5, 0.6) is 0 Å². The van der Waals surface area contributed by atoms with Gasteiger partial charge in [-0.1, -0.05) is 39.7 Å². The lowest BCUT2D eigenvalue weighted by Crippen LogP contribution is -2.39. The van der Waals surface area contributed by atoms with Crippen molar-refractivity contribution in [3.8, 4) is 0 Å².